The molecule has 1 unspecified atom stereocenters. The number of anilines is 1. The zero-order valence-corrected chi connectivity index (χ0v) is 9.87. The van der Waals surface area contributed by atoms with Crippen LogP contribution < -0.4 is 5.32 Å². The Balaban J connectivity index is 2.58. The molecule has 1 aromatic heterocycles. The molecule has 0 aliphatic carbocycles. The maximum atomic E-state index is 8.84. The Kier molecular flexibility index (Phi) is 4.28. The van der Waals surface area contributed by atoms with E-state index >= 15 is 0 Å². The van der Waals surface area contributed by atoms with E-state index in [0.29, 0.717) is 6.54 Å². The summed E-state index contributed by atoms with van der Waals surface area (Å²) in [5.41, 5.74) is 0. The maximum absolute atomic E-state index is 8.84. The molecule has 5 heteroatoms. The highest BCUT2D eigenvalue weighted by molar-refractivity contribution is 9.10. The molecule has 0 fully saturated rings. The normalized spacial score (nSPS) is 12.6. The van der Waals surface area contributed by atoms with Crippen molar-refractivity contribution in [3.8, 4) is 0 Å². The molecule has 2 N–H and O–H groups in total. The van der Waals surface area contributed by atoms with Gasteiger partial charge in [-0.2, -0.15) is 0 Å². The van der Waals surface area contributed by atoms with Crippen LogP contribution in [0.3, 0.4) is 0 Å². The summed E-state index contributed by atoms with van der Waals surface area (Å²) in [5, 5.41) is 12.0. The average Bonchev–Trinajstić information content (AvgIpc) is 2.12. The molecule has 4 nitrogen and oxygen atoms in total. The summed E-state index contributed by atoms with van der Waals surface area (Å²) >= 11 is 3.30. The first-order valence-corrected chi connectivity index (χ1v) is 5.27. The van der Waals surface area contributed by atoms with Gasteiger partial charge in [0, 0.05) is 19.2 Å². The zero-order valence-electron chi connectivity index (χ0n) is 8.29. The van der Waals surface area contributed by atoms with E-state index in [1.807, 2.05) is 19.9 Å². The Bertz CT molecular complexity index is 286. The fraction of sp³-hybridized carbons (Fsp3) is 0.556. The number of rotatable bonds is 4. The van der Waals surface area contributed by atoms with Gasteiger partial charge in [-0.15, -0.1) is 0 Å². The van der Waals surface area contributed by atoms with Crippen LogP contribution >= 0.6 is 15.9 Å². The fourth-order valence-corrected chi connectivity index (χ4v) is 1.44. The van der Waals surface area contributed by atoms with E-state index in [1.54, 1.807) is 0 Å². The summed E-state index contributed by atoms with van der Waals surface area (Å²) in [6, 6.07) is 1.82. The van der Waals surface area contributed by atoms with Crippen LogP contribution in [0.25, 0.3) is 0 Å². The third kappa shape index (κ3) is 3.59. The number of halogens is 1. The summed E-state index contributed by atoms with van der Waals surface area (Å²) in [7, 11) is 0. The van der Waals surface area contributed by atoms with Crippen LogP contribution in [0.15, 0.2) is 10.7 Å². The molecule has 1 rings (SSSR count). The molecule has 1 atom stereocenters. The van der Waals surface area contributed by atoms with Gasteiger partial charge < -0.3 is 10.4 Å². The summed E-state index contributed by atoms with van der Waals surface area (Å²) in [5.74, 6) is 1.73. The third-order valence-electron chi connectivity index (χ3n) is 1.75. The molecule has 0 aromatic carbocycles. The SMILES string of the molecule is Cc1nc(Br)cc(NCC(C)CO)n1. The minimum absolute atomic E-state index is 0.179. The van der Waals surface area contributed by atoms with Crippen LogP contribution in [-0.2, 0) is 0 Å². The molecular formula is C9H14BrN3O. The highest BCUT2D eigenvalue weighted by atomic mass is 79.9. The van der Waals surface area contributed by atoms with Crippen LogP contribution in [0.1, 0.15) is 12.7 Å². The van der Waals surface area contributed by atoms with E-state index in [1.165, 1.54) is 0 Å². The summed E-state index contributed by atoms with van der Waals surface area (Å²) < 4.78 is 0.768. The van der Waals surface area contributed by atoms with E-state index in [9.17, 15) is 0 Å². The lowest BCUT2D eigenvalue weighted by Crippen LogP contribution is -2.15. The smallest absolute Gasteiger partial charge is 0.130 e. The van der Waals surface area contributed by atoms with Gasteiger partial charge in [-0.25, -0.2) is 9.97 Å². The van der Waals surface area contributed by atoms with Crippen molar-refractivity contribution < 1.29 is 5.11 Å². The first-order chi connectivity index (χ1) is 6.61. The molecule has 0 bridgehead atoms. The Morgan fingerprint density at radius 3 is 2.86 bits per heavy atom. The number of aliphatic hydroxyl groups is 1. The number of hydrogen-bond donors (Lipinski definition) is 2. The van der Waals surface area contributed by atoms with Gasteiger partial charge >= 0.3 is 0 Å². The molecule has 0 radical (unpaired) electrons. The van der Waals surface area contributed by atoms with E-state index in [4.69, 9.17) is 5.11 Å². The van der Waals surface area contributed by atoms with Crippen molar-refractivity contribution in [1.29, 1.82) is 0 Å². The maximum Gasteiger partial charge on any atom is 0.130 e. The molecular weight excluding hydrogens is 246 g/mol. The van der Waals surface area contributed by atoms with Gasteiger partial charge in [-0.05, 0) is 28.8 Å². The summed E-state index contributed by atoms with van der Waals surface area (Å²) in [6.07, 6.45) is 0. The lowest BCUT2D eigenvalue weighted by molar-refractivity contribution is 0.244. The Labute approximate surface area is 91.9 Å². The number of aryl methyl sites for hydroxylation is 1. The number of aromatic nitrogens is 2. The second kappa shape index (κ2) is 5.26. The van der Waals surface area contributed by atoms with Crippen LogP contribution in [-0.4, -0.2) is 28.2 Å². The molecule has 1 aromatic rings. The van der Waals surface area contributed by atoms with Crippen LogP contribution in [0.4, 0.5) is 5.82 Å². The standard InChI is InChI=1S/C9H14BrN3O/c1-6(5-14)4-11-9-3-8(10)12-7(2)13-9/h3,6,14H,4-5H2,1-2H3,(H,11,12,13). The molecule has 0 aliphatic rings. The third-order valence-corrected chi connectivity index (χ3v) is 2.16. The second-order valence-electron chi connectivity index (χ2n) is 3.29. The van der Waals surface area contributed by atoms with Crippen molar-refractivity contribution in [2.45, 2.75) is 13.8 Å². The Morgan fingerprint density at radius 1 is 1.57 bits per heavy atom. The topological polar surface area (TPSA) is 58.0 Å². The number of aliphatic hydroxyl groups excluding tert-OH is 1. The molecule has 14 heavy (non-hydrogen) atoms. The lowest BCUT2D eigenvalue weighted by atomic mass is 10.2. The van der Waals surface area contributed by atoms with E-state index < -0.39 is 0 Å². The average molecular weight is 260 g/mol. The highest BCUT2D eigenvalue weighted by Crippen LogP contribution is 2.12. The van der Waals surface area contributed by atoms with Crippen molar-refractivity contribution in [2.24, 2.45) is 5.92 Å². The van der Waals surface area contributed by atoms with Crippen molar-refractivity contribution in [3.63, 3.8) is 0 Å². The monoisotopic (exact) mass is 259 g/mol. The predicted octanol–water partition coefficient (Wildman–Crippen LogP) is 1.59. The molecule has 78 valence electrons. The van der Waals surface area contributed by atoms with Gasteiger partial charge in [-0.1, -0.05) is 6.92 Å². The molecule has 0 saturated heterocycles. The van der Waals surface area contributed by atoms with E-state index in [-0.39, 0.29) is 12.5 Å². The van der Waals surface area contributed by atoms with Crippen molar-refractivity contribution in [2.75, 3.05) is 18.5 Å². The quantitative estimate of drug-likeness (QED) is 0.807. The predicted molar refractivity (Wildman–Crippen MR) is 59.2 cm³/mol. The largest absolute Gasteiger partial charge is 0.396 e. The van der Waals surface area contributed by atoms with Crippen molar-refractivity contribution in [1.82, 2.24) is 9.97 Å². The molecule has 0 amide bonds. The van der Waals surface area contributed by atoms with Gasteiger partial charge in [-0.3, -0.25) is 0 Å². The van der Waals surface area contributed by atoms with E-state index in [0.717, 1.165) is 16.2 Å². The second-order valence-corrected chi connectivity index (χ2v) is 4.10. The van der Waals surface area contributed by atoms with Gasteiger partial charge in [0.25, 0.3) is 0 Å². The Hall–Kier alpha value is -0.680. The van der Waals surface area contributed by atoms with Crippen LogP contribution in [0.2, 0.25) is 0 Å². The Morgan fingerprint density at radius 2 is 2.29 bits per heavy atom. The molecule has 0 spiro atoms. The van der Waals surface area contributed by atoms with Gasteiger partial charge in [0.05, 0.1) is 0 Å². The van der Waals surface area contributed by atoms with Crippen LogP contribution in [0.5, 0.6) is 0 Å². The van der Waals surface area contributed by atoms with Gasteiger partial charge in [0.1, 0.15) is 16.2 Å². The first kappa shape index (κ1) is 11.4. The summed E-state index contributed by atoms with van der Waals surface area (Å²) in [6.45, 7) is 4.69. The fourth-order valence-electron chi connectivity index (χ4n) is 0.965. The number of nitrogens with zero attached hydrogens (tertiary/aromatic N) is 2. The minimum atomic E-state index is 0.179. The summed E-state index contributed by atoms with van der Waals surface area (Å²) in [4.78, 5) is 8.30. The van der Waals surface area contributed by atoms with Crippen molar-refractivity contribution in [3.05, 3.63) is 16.5 Å². The van der Waals surface area contributed by atoms with Gasteiger partial charge in [0.2, 0.25) is 0 Å². The van der Waals surface area contributed by atoms with Crippen molar-refractivity contribution >= 4 is 21.7 Å². The first-order valence-electron chi connectivity index (χ1n) is 4.47. The molecule has 1 heterocycles. The minimum Gasteiger partial charge on any atom is -0.396 e. The molecule has 0 aliphatic heterocycles. The van der Waals surface area contributed by atoms with Gasteiger partial charge in [0.15, 0.2) is 0 Å². The number of hydrogen-bond acceptors (Lipinski definition) is 4. The highest BCUT2D eigenvalue weighted by Gasteiger charge is 2.02. The molecule has 0 saturated carbocycles. The number of nitrogens with one attached hydrogen (secondary N) is 1. The lowest BCUT2D eigenvalue weighted by Gasteiger charge is -2.10. The van der Waals surface area contributed by atoms with E-state index in [2.05, 4.69) is 31.2 Å². The van der Waals surface area contributed by atoms with Crippen LogP contribution in [0, 0.1) is 12.8 Å². The zero-order chi connectivity index (χ0) is 10.6.